The van der Waals surface area contributed by atoms with E-state index in [2.05, 4.69) is 31.9 Å². The van der Waals surface area contributed by atoms with Gasteiger partial charge in [0.05, 0.1) is 20.6 Å². The van der Waals surface area contributed by atoms with Crippen LogP contribution in [0.2, 0.25) is 0 Å². The average molecular weight is 475 g/mol. The summed E-state index contributed by atoms with van der Waals surface area (Å²) in [6.45, 7) is 1.18. The number of phenols is 1. The van der Waals surface area contributed by atoms with E-state index in [9.17, 15) is 14.5 Å². The highest BCUT2D eigenvalue weighted by Crippen LogP contribution is 2.35. The number of aromatic hydroxyl groups is 1. The first-order valence-electron chi connectivity index (χ1n) is 5.83. The van der Waals surface area contributed by atoms with Crippen LogP contribution < -0.4 is 11.9 Å². The molecule has 130 valence electrons. The molecule has 0 aliphatic rings. The van der Waals surface area contributed by atoms with Gasteiger partial charge in [-0.15, -0.1) is 0 Å². The van der Waals surface area contributed by atoms with E-state index in [1.54, 1.807) is 12.1 Å². The minimum atomic E-state index is -3.10. The molecule has 0 aliphatic heterocycles. The molecule has 11 heteroatoms. The quantitative estimate of drug-likeness (QED) is 0.412. The number of phenolic OH excluding ortho intramolecular Hbond substituents is 1. The molecular formula is C12H18Br2N3O5P. The molecule has 8 nitrogen and oxygen atoms in total. The summed E-state index contributed by atoms with van der Waals surface area (Å²) in [6, 6.07) is 4.04. The number of nitriles is 1. The lowest BCUT2D eigenvalue weighted by atomic mass is 10.2. The molecule has 2 unspecified atom stereocenters. The standard InChI is InChI=1S/C7H3Br2NO.C5H12NO4P.H3N/c8-5-1-4(3-10)2-6(9)7(5)11;1-11(9,10)3-2-4(6)5(7)8;/h1-2,11H;4H,2-3,6H2,1H3,(H,7,8)(H,9,10);1H3. The van der Waals surface area contributed by atoms with E-state index < -0.39 is 19.4 Å². The summed E-state index contributed by atoms with van der Waals surface area (Å²) < 4.78 is 11.7. The highest BCUT2D eigenvalue weighted by molar-refractivity contribution is 9.11. The number of carboxylic acid groups (broad SMARTS) is 1. The fourth-order valence-electron chi connectivity index (χ4n) is 1.13. The first-order valence-corrected chi connectivity index (χ1v) is 9.71. The van der Waals surface area contributed by atoms with Gasteiger partial charge < -0.3 is 27.0 Å². The second-order valence-corrected chi connectivity index (χ2v) is 8.67. The van der Waals surface area contributed by atoms with Crippen LogP contribution >= 0.6 is 39.2 Å². The summed E-state index contributed by atoms with van der Waals surface area (Å²) in [5.74, 6) is -1.03. The highest BCUT2D eigenvalue weighted by atomic mass is 79.9. The van der Waals surface area contributed by atoms with Crippen LogP contribution in [-0.4, -0.2) is 39.9 Å². The Morgan fingerprint density at radius 2 is 1.87 bits per heavy atom. The van der Waals surface area contributed by atoms with Crippen molar-refractivity contribution >= 4 is 45.2 Å². The number of rotatable bonds is 4. The van der Waals surface area contributed by atoms with Crippen LogP contribution in [0.5, 0.6) is 5.75 Å². The first-order chi connectivity index (χ1) is 9.97. The normalized spacial score (nSPS) is 13.4. The zero-order chi connectivity index (χ0) is 17.5. The van der Waals surface area contributed by atoms with Gasteiger partial charge in [-0.25, -0.2) is 0 Å². The molecule has 0 radical (unpaired) electrons. The van der Waals surface area contributed by atoms with E-state index in [0.29, 0.717) is 14.5 Å². The minimum absolute atomic E-state index is 0. The van der Waals surface area contributed by atoms with E-state index in [1.807, 2.05) is 6.07 Å². The average Bonchev–Trinajstić information content (AvgIpc) is 2.41. The molecule has 2 atom stereocenters. The van der Waals surface area contributed by atoms with Gasteiger partial charge in [-0.3, -0.25) is 9.36 Å². The molecule has 1 aromatic carbocycles. The fourth-order valence-corrected chi connectivity index (χ4v) is 3.08. The molecule has 1 aromatic rings. The van der Waals surface area contributed by atoms with Crippen molar-refractivity contribution in [2.24, 2.45) is 5.73 Å². The molecule has 0 spiro atoms. The molecule has 0 aliphatic carbocycles. The topological polar surface area (TPSA) is 180 Å². The number of halogens is 2. The highest BCUT2D eigenvalue weighted by Gasteiger charge is 2.16. The molecule has 0 bridgehead atoms. The zero-order valence-electron chi connectivity index (χ0n) is 12.2. The van der Waals surface area contributed by atoms with Crippen molar-refractivity contribution < 1.29 is 24.5 Å². The van der Waals surface area contributed by atoms with E-state index in [0.717, 1.165) is 0 Å². The van der Waals surface area contributed by atoms with Crippen molar-refractivity contribution in [3.8, 4) is 11.8 Å². The predicted molar refractivity (Wildman–Crippen MR) is 94.1 cm³/mol. The molecular weight excluding hydrogens is 457 g/mol. The molecule has 0 saturated carbocycles. The Morgan fingerprint density at radius 3 is 2.17 bits per heavy atom. The SMILES string of the molecule is CP(=O)(O)CCC(N)C(=O)O.N.N#Cc1cc(Br)c(O)c(Br)c1. The Morgan fingerprint density at radius 1 is 1.43 bits per heavy atom. The Labute approximate surface area is 150 Å². The van der Waals surface area contributed by atoms with E-state index in [4.69, 9.17) is 21.0 Å². The van der Waals surface area contributed by atoms with Gasteiger partial charge in [-0.2, -0.15) is 5.26 Å². The number of hydrogen-bond acceptors (Lipinski definition) is 6. The maximum atomic E-state index is 10.6. The third-order valence-corrected chi connectivity index (χ3v) is 4.62. The molecule has 0 aromatic heterocycles. The summed E-state index contributed by atoms with van der Waals surface area (Å²) in [6.07, 6.45) is 0.0000772. The second-order valence-electron chi connectivity index (χ2n) is 4.41. The van der Waals surface area contributed by atoms with E-state index >= 15 is 0 Å². The number of nitrogens with two attached hydrogens (primary N) is 1. The third kappa shape index (κ3) is 10.4. The number of carboxylic acids is 1. The lowest BCUT2D eigenvalue weighted by Crippen LogP contribution is -2.30. The van der Waals surface area contributed by atoms with Crippen molar-refractivity contribution in [2.45, 2.75) is 12.5 Å². The molecule has 1 rings (SSSR count). The minimum Gasteiger partial charge on any atom is -0.506 e. The van der Waals surface area contributed by atoms with Crippen molar-refractivity contribution in [1.82, 2.24) is 6.15 Å². The summed E-state index contributed by atoms with van der Waals surface area (Å²) in [4.78, 5) is 18.9. The molecule has 23 heavy (non-hydrogen) atoms. The van der Waals surface area contributed by atoms with Gasteiger partial charge in [0.1, 0.15) is 11.8 Å². The lowest BCUT2D eigenvalue weighted by Gasteiger charge is -2.07. The number of hydrogen-bond donors (Lipinski definition) is 5. The maximum Gasteiger partial charge on any atom is 0.320 e. The fraction of sp³-hybridized carbons (Fsp3) is 0.333. The summed E-state index contributed by atoms with van der Waals surface area (Å²) in [7, 11) is -3.10. The smallest absolute Gasteiger partial charge is 0.320 e. The van der Waals surface area contributed by atoms with Gasteiger partial charge in [0, 0.05) is 12.8 Å². The largest absolute Gasteiger partial charge is 0.506 e. The molecule has 8 N–H and O–H groups in total. The van der Waals surface area contributed by atoms with Crippen LogP contribution in [0.3, 0.4) is 0 Å². The van der Waals surface area contributed by atoms with Crippen molar-refractivity contribution in [3.05, 3.63) is 26.6 Å². The van der Waals surface area contributed by atoms with Crippen molar-refractivity contribution in [1.29, 1.82) is 5.26 Å². The second kappa shape index (κ2) is 10.8. The molecule has 0 amide bonds. The van der Waals surface area contributed by atoms with Gasteiger partial charge >= 0.3 is 5.97 Å². The molecule has 0 fully saturated rings. The van der Waals surface area contributed by atoms with Crippen LogP contribution in [0.25, 0.3) is 0 Å². The Kier molecular flexibility index (Phi) is 11.4. The number of aliphatic carboxylic acids is 1. The first kappa shape index (κ1) is 24.3. The molecule has 0 saturated heterocycles. The maximum absolute atomic E-state index is 10.6. The van der Waals surface area contributed by atoms with Crippen LogP contribution in [-0.2, 0) is 9.36 Å². The van der Waals surface area contributed by atoms with Gasteiger partial charge in [-0.1, -0.05) is 0 Å². The molecule has 0 heterocycles. The number of nitrogens with zero attached hydrogens (tertiary/aromatic N) is 1. The summed E-state index contributed by atoms with van der Waals surface area (Å²) in [5, 5.41) is 26.0. The van der Waals surface area contributed by atoms with E-state index in [1.165, 1.54) is 6.66 Å². The van der Waals surface area contributed by atoms with Crippen LogP contribution in [0.15, 0.2) is 21.1 Å². The lowest BCUT2D eigenvalue weighted by molar-refractivity contribution is -0.138. The van der Waals surface area contributed by atoms with Gasteiger partial charge in [-0.05, 0) is 50.4 Å². The Hall–Kier alpha value is -0.950. The van der Waals surface area contributed by atoms with Crippen LogP contribution in [0, 0.1) is 11.3 Å². The Balaban J connectivity index is 0. The van der Waals surface area contributed by atoms with Gasteiger partial charge in [0.2, 0.25) is 0 Å². The third-order valence-electron chi connectivity index (χ3n) is 2.32. The van der Waals surface area contributed by atoms with E-state index in [-0.39, 0.29) is 24.5 Å². The van der Waals surface area contributed by atoms with Crippen LogP contribution in [0.4, 0.5) is 0 Å². The van der Waals surface area contributed by atoms with Crippen LogP contribution in [0.1, 0.15) is 12.0 Å². The monoisotopic (exact) mass is 473 g/mol. The predicted octanol–water partition coefficient (Wildman–Crippen LogP) is 2.64. The van der Waals surface area contributed by atoms with Gasteiger partial charge in [0.15, 0.2) is 7.37 Å². The number of benzene rings is 1. The Bertz CT molecular complexity index is 607. The zero-order valence-corrected chi connectivity index (χ0v) is 16.3. The van der Waals surface area contributed by atoms with Crippen molar-refractivity contribution in [2.75, 3.05) is 12.8 Å². The number of carbonyl (C=O) groups is 1. The van der Waals surface area contributed by atoms with Crippen molar-refractivity contribution in [3.63, 3.8) is 0 Å². The summed E-state index contributed by atoms with van der Waals surface area (Å²) in [5.41, 5.74) is 5.59. The summed E-state index contributed by atoms with van der Waals surface area (Å²) >= 11 is 6.21. The van der Waals surface area contributed by atoms with Gasteiger partial charge in [0.25, 0.3) is 0 Å².